The van der Waals surface area contributed by atoms with Gasteiger partial charge in [-0.15, -0.1) is 0 Å². The van der Waals surface area contributed by atoms with Crippen molar-refractivity contribution >= 4 is 5.91 Å². The molecule has 0 aliphatic heterocycles. The second kappa shape index (κ2) is 6.86. The Bertz CT molecular complexity index is 221. The molecule has 4 nitrogen and oxygen atoms in total. The lowest BCUT2D eigenvalue weighted by Gasteiger charge is -2.31. The molecule has 2 atom stereocenters. The molecule has 0 saturated heterocycles. The van der Waals surface area contributed by atoms with Crippen molar-refractivity contribution < 1.29 is 9.53 Å². The van der Waals surface area contributed by atoms with E-state index in [0.717, 1.165) is 19.4 Å². The van der Waals surface area contributed by atoms with Crippen LogP contribution in [0.2, 0.25) is 0 Å². The molecule has 2 unspecified atom stereocenters. The summed E-state index contributed by atoms with van der Waals surface area (Å²) in [5.41, 5.74) is 5.75. The maximum Gasteiger partial charge on any atom is 0.248 e. The fourth-order valence-electron chi connectivity index (χ4n) is 2.57. The van der Waals surface area contributed by atoms with Gasteiger partial charge in [-0.05, 0) is 39.2 Å². The summed E-state index contributed by atoms with van der Waals surface area (Å²) in [6.07, 6.45) is 3.43. The van der Waals surface area contributed by atoms with Gasteiger partial charge in [0.25, 0.3) is 0 Å². The molecule has 1 saturated carbocycles. The fraction of sp³-hybridized carbons (Fsp3) is 0.917. The largest absolute Gasteiger partial charge is 0.372 e. The highest BCUT2D eigenvalue weighted by atomic mass is 16.5. The van der Waals surface area contributed by atoms with Crippen molar-refractivity contribution in [2.24, 2.45) is 11.7 Å². The standard InChI is InChI=1S/C12H24N2O2/c1-3-14(12(15)9-16-4-2)11-7-5-6-10(11)8-13/h10-11H,3-9,13H2,1-2H3. The van der Waals surface area contributed by atoms with Gasteiger partial charge in [0.1, 0.15) is 6.61 Å². The highest BCUT2D eigenvalue weighted by molar-refractivity contribution is 5.77. The molecule has 0 heterocycles. The average Bonchev–Trinajstić information content (AvgIpc) is 2.75. The normalized spacial score (nSPS) is 24.7. The molecule has 0 radical (unpaired) electrons. The third kappa shape index (κ3) is 3.19. The van der Waals surface area contributed by atoms with E-state index in [2.05, 4.69) is 0 Å². The first-order chi connectivity index (χ1) is 7.74. The lowest BCUT2D eigenvalue weighted by atomic mass is 10.0. The maximum absolute atomic E-state index is 11.9. The van der Waals surface area contributed by atoms with Crippen molar-refractivity contribution in [3.8, 4) is 0 Å². The van der Waals surface area contributed by atoms with E-state index in [1.54, 1.807) is 0 Å². The molecule has 4 heteroatoms. The molecule has 1 aliphatic rings. The fourth-order valence-corrected chi connectivity index (χ4v) is 2.57. The Labute approximate surface area is 98.1 Å². The van der Waals surface area contributed by atoms with Crippen LogP contribution in [0.5, 0.6) is 0 Å². The van der Waals surface area contributed by atoms with Crippen molar-refractivity contribution in [2.45, 2.75) is 39.2 Å². The number of amides is 1. The topological polar surface area (TPSA) is 55.6 Å². The third-order valence-corrected chi connectivity index (χ3v) is 3.41. The zero-order valence-corrected chi connectivity index (χ0v) is 10.4. The zero-order chi connectivity index (χ0) is 12.0. The molecule has 1 rings (SSSR count). The average molecular weight is 228 g/mol. The van der Waals surface area contributed by atoms with Crippen LogP contribution in [0.15, 0.2) is 0 Å². The first-order valence-electron chi connectivity index (χ1n) is 6.31. The second-order valence-electron chi connectivity index (χ2n) is 4.31. The first kappa shape index (κ1) is 13.5. The number of ether oxygens (including phenoxy) is 1. The van der Waals surface area contributed by atoms with Crippen LogP contribution in [0.25, 0.3) is 0 Å². The number of carbonyl (C=O) groups is 1. The minimum Gasteiger partial charge on any atom is -0.372 e. The molecular weight excluding hydrogens is 204 g/mol. The monoisotopic (exact) mass is 228 g/mol. The molecule has 2 N–H and O–H groups in total. The van der Waals surface area contributed by atoms with Crippen molar-refractivity contribution in [1.29, 1.82) is 0 Å². The molecule has 0 aromatic heterocycles. The van der Waals surface area contributed by atoms with E-state index < -0.39 is 0 Å². The van der Waals surface area contributed by atoms with Crippen LogP contribution >= 0.6 is 0 Å². The van der Waals surface area contributed by atoms with Gasteiger partial charge < -0.3 is 15.4 Å². The number of carbonyl (C=O) groups excluding carboxylic acids is 1. The maximum atomic E-state index is 11.9. The molecular formula is C12H24N2O2. The number of nitrogens with two attached hydrogens (primary N) is 1. The van der Waals surface area contributed by atoms with Crippen LogP contribution in [0, 0.1) is 5.92 Å². The number of likely N-dealkylation sites (N-methyl/N-ethyl adjacent to an activating group) is 1. The van der Waals surface area contributed by atoms with Gasteiger partial charge in [0.2, 0.25) is 5.91 Å². The van der Waals surface area contributed by atoms with Crippen LogP contribution in [0.4, 0.5) is 0 Å². The Morgan fingerprint density at radius 3 is 2.75 bits per heavy atom. The lowest BCUT2D eigenvalue weighted by molar-refractivity contribution is -0.138. The summed E-state index contributed by atoms with van der Waals surface area (Å²) in [4.78, 5) is 13.9. The molecule has 94 valence electrons. The second-order valence-corrected chi connectivity index (χ2v) is 4.31. The van der Waals surface area contributed by atoms with Crippen molar-refractivity contribution in [2.75, 3.05) is 26.3 Å². The van der Waals surface area contributed by atoms with Gasteiger partial charge in [-0.25, -0.2) is 0 Å². The van der Waals surface area contributed by atoms with Crippen LogP contribution in [0.3, 0.4) is 0 Å². The summed E-state index contributed by atoms with van der Waals surface area (Å²) >= 11 is 0. The molecule has 1 aliphatic carbocycles. The number of hydrogen-bond acceptors (Lipinski definition) is 3. The Morgan fingerprint density at radius 2 is 2.19 bits per heavy atom. The SMILES string of the molecule is CCOCC(=O)N(CC)C1CCCC1CN. The van der Waals surface area contributed by atoms with Crippen molar-refractivity contribution in [3.05, 3.63) is 0 Å². The number of nitrogens with zero attached hydrogens (tertiary/aromatic N) is 1. The van der Waals surface area contributed by atoms with Crippen LogP contribution in [0.1, 0.15) is 33.1 Å². The van der Waals surface area contributed by atoms with Gasteiger partial charge in [-0.1, -0.05) is 6.42 Å². The smallest absolute Gasteiger partial charge is 0.248 e. The summed E-state index contributed by atoms with van der Waals surface area (Å²) in [6.45, 7) is 6.17. The van der Waals surface area contributed by atoms with Gasteiger partial charge in [0.15, 0.2) is 0 Å². The third-order valence-electron chi connectivity index (χ3n) is 3.41. The van der Waals surface area contributed by atoms with E-state index in [1.165, 1.54) is 6.42 Å². The van der Waals surface area contributed by atoms with Gasteiger partial charge in [0, 0.05) is 19.2 Å². The minimum absolute atomic E-state index is 0.106. The van der Waals surface area contributed by atoms with E-state index in [0.29, 0.717) is 25.1 Å². The molecule has 0 aromatic carbocycles. The number of hydrogen-bond donors (Lipinski definition) is 1. The quantitative estimate of drug-likeness (QED) is 0.738. The molecule has 0 bridgehead atoms. The summed E-state index contributed by atoms with van der Waals surface area (Å²) < 4.78 is 5.18. The predicted octanol–water partition coefficient (Wildman–Crippen LogP) is 0.999. The minimum atomic E-state index is 0.106. The lowest BCUT2D eigenvalue weighted by Crippen LogP contribution is -2.45. The van der Waals surface area contributed by atoms with Gasteiger partial charge >= 0.3 is 0 Å². The van der Waals surface area contributed by atoms with Gasteiger partial charge in [-0.3, -0.25) is 4.79 Å². The number of rotatable bonds is 6. The Balaban J connectivity index is 2.55. The van der Waals surface area contributed by atoms with E-state index in [-0.39, 0.29) is 12.5 Å². The highest BCUT2D eigenvalue weighted by Gasteiger charge is 2.32. The summed E-state index contributed by atoms with van der Waals surface area (Å²) in [7, 11) is 0. The zero-order valence-electron chi connectivity index (χ0n) is 10.4. The van der Waals surface area contributed by atoms with E-state index in [9.17, 15) is 4.79 Å². The van der Waals surface area contributed by atoms with Crippen LogP contribution in [-0.4, -0.2) is 43.2 Å². The summed E-state index contributed by atoms with van der Waals surface area (Å²) in [5.74, 6) is 0.584. The molecule has 1 amide bonds. The van der Waals surface area contributed by atoms with Crippen molar-refractivity contribution in [1.82, 2.24) is 4.90 Å². The molecule has 16 heavy (non-hydrogen) atoms. The van der Waals surface area contributed by atoms with E-state index in [4.69, 9.17) is 10.5 Å². The Hall–Kier alpha value is -0.610. The molecule has 0 spiro atoms. The van der Waals surface area contributed by atoms with Gasteiger partial charge in [0.05, 0.1) is 0 Å². The summed E-state index contributed by atoms with van der Waals surface area (Å²) in [5, 5.41) is 0. The first-order valence-corrected chi connectivity index (χ1v) is 6.31. The predicted molar refractivity (Wildman–Crippen MR) is 64.1 cm³/mol. The van der Waals surface area contributed by atoms with Crippen LogP contribution < -0.4 is 5.73 Å². The molecule has 0 aromatic rings. The molecule has 1 fully saturated rings. The van der Waals surface area contributed by atoms with E-state index in [1.807, 2.05) is 18.7 Å². The van der Waals surface area contributed by atoms with Gasteiger partial charge in [-0.2, -0.15) is 0 Å². The Morgan fingerprint density at radius 1 is 1.44 bits per heavy atom. The van der Waals surface area contributed by atoms with Crippen LogP contribution in [-0.2, 0) is 9.53 Å². The Kier molecular flexibility index (Phi) is 5.77. The highest BCUT2D eigenvalue weighted by Crippen LogP contribution is 2.29. The van der Waals surface area contributed by atoms with E-state index >= 15 is 0 Å². The summed E-state index contributed by atoms with van der Waals surface area (Å²) in [6, 6.07) is 0.336. The van der Waals surface area contributed by atoms with Crippen molar-refractivity contribution in [3.63, 3.8) is 0 Å².